The zero-order valence-electron chi connectivity index (χ0n) is 8.47. The third-order valence-corrected chi connectivity index (χ3v) is 2.24. The maximum Gasteiger partial charge on any atom is 0.221 e. The Morgan fingerprint density at radius 1 is 1.60 bits per heavy atom. The smallest absolute Gasteiger partial charge is 0.221 e. The molecule has 0 aliphatic heterocycles. The first-order valence-corrected chi connectivity index (χ1v) is 5.27. The van der Waals surface area contributed by atoms with Crippen LogP contribution in [-0.4, -0.2) is 11.8 Å². The number of carbonyl (C=O) groups excluding carboxylic acids is 1. The predicted molar refractivity (Wildman–Crippen MR) is 58.3 cm³/mol. The Morgan fingerprint density at radius 3 is 2.93 bits per heavy atom. The van der Waals surface area contributed by atoms with Crippen LogP contribution in [0.1, 0.15) is 24.9 Å². The summed E-state index contributed by atoms with van der Waals surface area (Å²) in [6.07, 6.45) is 0.279. The summed E-state index contributed by atoms with van der Waals surface area (Å²) in [5.74, 6) is -0.130. The van der Waals surface area contributed by atoms with Gasteiger partial charge in [-0.05, 0) is 24.6 Å². The van der Waals surface area contributed by atoms with Crippen molar-refractivity contribution in [2.45, 2.75) is 19.4 Å². The van der Waals surface area contributed by atoms with Crippen LogP contribution in [0, 0.1) is 5.82 Å². The fourth-order valence-electron chi connectivity index (χ4n) is 1.26. The highest BCUT2D eigenvalue weighted by Gasteiger charge is 2.09. The zero-order chi connectivity index (χ0) is 11.3. The van der Waals surface area contributed by atoms with E-state index >= 15 is 0 Å². The molecule has 1 aromatic carbocycles. The molecule has 1 N–H and O–H groups in total. The number of nitrogens with one attached hydrogen (secondary N) is 1. The lowest BCUT2D eigenvalue weighted by Gasteiger charge is -2.13. The summed E-state index contributed by atoms with van der Waals surface area (Å²) in [6, 6.07) is 5.97. The van der Waals surface area contributed by atoms with Crippen LogP contribution in [0.15, 0.2) is 24.3 Å². The lowest BCUT2D eigenvalue weighted by Crippen LogP contribution is -2.26. The summed E-state index contributed by atoms with van der Waals surface area (Å²) in [6.45, 7) is 1.81. The largest absolute Gasteiger partial charge is 0.350 e. The predicted octanol–water partition coefficient (Wildman–Crippen LogP) is 2.63. The molecule has 15 heavy (non-hydrogen) atoms. The van der Waals surface area contributed by atoms with Crippen molar-refractivity contribution in [2.24, 2.45) is 0 Å². The van der Waals surface area contributed by atoms with Gasteiger partial charge in [0.05, 0.1) is 6.04 Å². The highest BCUT2D eigenvalue weighted by molar-refractivity contribution is 6.18. The minimum absolute atomic E-state index is 0.123. The Morgan fingerprint density at radius 2 is 2.33 bits per heavy atom. The van der Waals surface area contributed by atoms with Crippen LogP contribution < -0.4 is 5.32 Å². The van der Waals surface area contributed by atoms with Crippen molar-refractivity contribution < 1.29 is 9.18 Å². The summed E-state index contributed by atoms with van der Waals surface area (Å²) < 4.78 is 12.9. The van der Waals surface area contributed by atoms with Gasteiger partial charge in [0.1, 0.15) is 5.82 Å². The molecule has 1 atom stereocenters. The number of hydrogen-bond acceptors (Lipinski definition) is 1. The Hall–Kier alpha value is -1.09. The average molecular weight is 230 g/mol. The van der Waals surface area contributed by atoms with Gasteiger partial charge in [-0.1, -0.05) is 12.1 Å². The molecule has 0 aromatic heterocycles. The van der Waals surface area contributed by atoms with E-state index in [1.807, 2.05) is 0 Å². The van der Waals surface area contributed by atoms with E-state index in [9.17, 15) is 9.18 Å². The summed E-state index contributed by atoms with van der Waals surface area (Å²) in [5, 5.41) is 2.73. The third kappa shape index (κ3) is 3.88. The van der Waals surface area contributed by atoms with Crippen molar-refractivity contribution in [3.05, 3.63) is 35.6 Å². The monoisotopic (exact) mass is 229 g/mol. The van der Waals surface area contributed by atoms with E-state index in [2.05, 4.69) is 5.32 Å². The fraction of sp³-hybridized carbons (Fsp3) is 0.364. The molecule has 0 unspecified atom stereocenters. The van der Waals surface area contributed by atoms with Crippen molar-refractivity contribution in [2.75, 3.05) is 5.88 Å². The standard InChI is InChI=1S/C11H13ClFNO/c1-8(14-11(15)5-6-12)9-3-2-4-10(13)7-9/h2-4,7-8H,5-6H2,1H3,(H,14,15)/t8-/m0/s1. The first-order chi connectivity index (χ1) is 7.13. The molecule has 0 radical (unpaired) electrons. The van der Waals surface area contributed by atoms with Gasteiger partial charge >= 0.3 is 0 Å². The molecule has 4 heteroatoms. The Kier molecular flexibility index (Phi) is 4.56. The molecule has 0 heterocycles. The number of halogens is 2. The van der Waals surface area contributed by atoms with E-state index in [4.69, 9.17) is 11.6 Å². The highest BCUT2D eigenvalue weighted by atomic mass is 35.5. The van der Waals surface area contributed by atoms with E-state index in [-0.39, 0.29) is 24.2 Å². The van der Waals surface area contributed by atoms with Gasteiger partial charge < -0.3 is 5.32 Å². The van der Waals surface area contributed by atoms with Crippen LogP contribution in [-0.2, 0) is 4.79 Å². The van der Waals surface area contributed by atoms with Gasteiger partial charge in [-0.15, -0.1) is 11.6 Å². The zero-order valence-corrected chi connectivity index (χ0v) is 9.22. The maximum absolute atomic E-state index is 12.9. The molecular weight excluding hydrogens is 217 g/mol. The lowest BCUT2D eigenvalue weighted by atomic mass is 10.1. The highest BCUT2D eigenvalue weighted by Crippen LogP contribution is 2.13. The van der Waals surface area contributed by atoms with Gasteiger partial charge in [0.25, 0.3) is 0 Å². The topological polar surface area (TPSA) is 29.1 Å². The van der Waals surface area contributed by atoms with Crippen LogP contribution in [0.4, 0.5) is 4.39 Å². The fourth-order valence-corrected chi connectivity index (χ4v) is 1.43. The van der Waals surface area contributed by atoms with E-state index in [0.717, 1.165) is 5.56 Å². The second-order valence-electron chi connectivity index (χ2n) is 3.28. The number of carbonyl (C=O) groups is 1. The summed E-state index contributed by atoms with van der Waals surface area (Å²) in [4.78, 5) is 11.2. The van der Waals surface area contributed by atoms with Gasteiger partial charge in [-0.3, -0.25) is 4.79 Å². The molecular formula is C11H13ClFNO. The summed E-state index contributed by atoms with van der Waals surface area (Å²) in [5.41, 5.74) is 0.748. The van der Waals surface area contributed by atoms with E-state index < -0.39 is 0 Å². The molecule has 1 rings (SSSR count). The van der Waals surface area contributed by atoms with Crippen LogP contribution in [0.2, 0.25) is 0 Å². The Balaban J connectivity index is 2.60. The second-order valence-corrected chi connectivity index (χ2v) is 3.66. The normalized spacial score (nSPS) is 12.2. The molecule has 82 valence electrons. The first kappa shape index (κ1) is 12.0. The Bertz CT molecular complexity index is 343. The number of amides is 1. The number of benzene rings is 1. The van der Waals surface area contributed by atoms with Crippen LogP contribution >= 0.6 is 11.6 Å². The van der Waals surface area contributed by atoms with Crippen molar-refractivity contribution in [1.82, 2.24) is 5.32 Å². The van der Waals surface area contributed by atoms with Crippen LogP contribution in [0.3, 0.4) is 0 Å². The molecule has 0 fully saturated rings. The van der Waals surface area contributed by atoms with Crippen molar-refractivity contribution in [3.63, 3.8) is 0 Å². The quantitative estimate of drug-likeness (QED) is 0.791. The SMILES string of the molecule is C[C@H](NC(=O)CCCl)c1cccc(F)c1. The van der Waals surface area contributed by atoms with Crippen molar-refractivity contribution in [3.8, 4) is 0 Å². The molecule has 1 amide bonds. The summed E-state index contributed by atoms with van der Waals surface area (Å²) >= 11 is 5.43. The Labute approximate surface area is 93.4 Å². The van der Waals surface area contributed by atoms with Crippen molar-refractivity contribution in [1.29, 1.82) is 0 Å². The van der Waals surface area contributed by atoms with Gasteiger partial charge in [-0.2, -0.15) is 0 Å². The summed E-state index contributed by atoms with van der Waals surface area (Å²) in [7, 11) is 0. The molecule has 0 saturated carbocycles. The molecule has 1 aromatic rings. The minimum atomic E-state index is -0.300. The van der Waals surface area contributed by atoms with Crippen LogP contribution in [0.25, 0.3) is 0 Å². The molecule has 0 spiro atoms. The van der Waals surface area contributed by atoms with Crippen molar-refractivity contribution >= 4 is 17.5 Å². The minimum Gasteiger partial charge on any atom is -0.350 e. The van der Waals surface area contributed by atoms with E-state index in [0.29, 0.717) is 5.88 Å². The van der Waals surface area contributed by atoms with E-state index in [1.54, 1.807) is 19.1 Å². The number of rotatable bonds is 4. The average Bonchev–Trinajstić information content (AvgIpc) is 2.18. The number of alkyl halides is 1. The second kappa shape index (κ2) is 5.71. The van der Waals surface area contributed by atoms with Gasteiger partial charge in [0, 0.05) is 12.3 Å². The molecule has 0 aliphatic carbocycles. The van der Waals surface area contributed by atoms with Gasteiger partial charge in [0.15, 0.2) is 0 Å². The molecule has 0 aliphatic rings. The van der Waals surface area contributed by atoms with Gasteiger partial charge in [-0.25, -0.2) is 4.39 Å². The molecule has 2 nitrogen and oxygen atoms in total. The third-order valence-electron chi connectivity index (χ3n) is 2.05. The molecule has 0 saturated heterocycles. The molecule has 0 bridgehead atoms. The number of hydrogen-bond donors (Lipinski definition) is 1. The lowest BCUT2D eigenvalue weighted by molar-refractivity contribution is -0.121. The van der Waals surface area contributed by atoms with Gasteiger partial charge in [0.2, 0.25) is 5.91 Å². The van der Waals surface area contributed by atoms with E-state index in [1.165, 1.54) is 12.1 Å². The maximum atomic E-state index is 12.9. The van der Waals surface area contributed by atoms with Crippen LogP contribution in [0.5, 0.6) is 0 Å². The first-order valence-electron chi connectivity index (χ1n) is 4.74.